The number of hydrogen-bond donors (Lipinski definition) is 2. The van der Waals surface area contributed by atoms with Crippen LogP contribution in [0.4, 0.5) is 0 Å². The summed E-state index contributed by atoms with van der Waals surface area (Å²) in [5.74, 6) is 2.67. The summed E-state index contributed by atoms with van der Waals surface area (Å²) in [5.41, 5.74) is 5.49. The van der Waals surface area contributed by atoms with E-state index in [4.69, 9.17) is 5.73 Å². The van der Waals surface area contributed by atoms with Crippen molar-refractivity contribution in [1.82, 2.24) is 5.32 Å². The number of carbonyl (C=O) groups is 1. The van der Waals surface area contributed by atoms with Crippen LogP contribution in [0.1, 0.15) is 44.9 Å². The normalized spacial score (nSPS) is 27.6. The molecule has 3 nitrogen and oxygen atoms in total. The smallest absolute Gasteiger partial charge is 0.240 e. The summed E-state index contributed by atoms with van der Waals surface area (Å²) in [6, 6.07) is 0. The van der Waals surface area contributed by atoms with Gasteiger partial charge in [-0.1, -0.05) is 0 Å². The molecule has 0 aromatic heterocycles. The second-order valence-electron chi connectivity index (χ2n) is 6.06. The predicted octanol–water partition coefficient (Wildman–Crippen LogP) is 1.42. The molecule has 3 aliphatic carbocycles. The molecule has 3 N–H and O–H groups in total. The first kappa shape index (κ1) is 10.6. The first-order valence-electron chi connectivity index (χ1n) is 6.76. The maximum atomic E-state index is 11.9. The lowest BCUT2D eigenvalue weighted by Gasteiger charge is -2.36. The van der Waals surface area contributed by atoms with Gasteiger partial charge in [0.25, 0.3) is 0 Å². The average molecular weight is 222 g/mol. The van der Waals surface area contributed by atoms with Gasteiger partial charge in [0.15, 0.2) is 0 Å². The van der Waals surface area contributed by atoms with Gasteiger partial charge in [0.05, 0.1) is 5.54 Å². The molecule has 0 radical (unpaired) electrons. The maximum absolute atomic E-state index is 11.9. The number of rotatable bonds is 5. The van der Waals surface area contributed by atoms with Crippen LogP contribution in [0.15, 0.2) is 0 Å². The molecule has 0 heterocycles. The van der Waals surface area contributed by atoms with Crippen LogP contribution in [-0.2, 0) is 4.79 Å². The van der Waals surface area contributed by atoms with E-state index in [-0.39, 0.29) is 5.91 Å². The van der Waals surface area contributed by atoms with Crippen LogP contribution < -0.4 is 11.1 Å². The van der Waals surface area contributed by atoms with Gasteiger partial charge >= 0.3 is 0 Å². The van der Waals surface area contributed by atoms with Crippen LogP contribution in [0.5, 0.6) is 0 Å². The Morgan fingerprint density at radius 3 is 2.19 bits per heavy atom. The van der Waals surface area contributed by atoms with Gasteiger partial charge in [0.2, 0.25) is 5.91 Å². The highest BCUT2D eigenvalue weighted by atomic mass is 16.2. The minimum atomic E-state index is -0.516. The summed E-state index contributed by atoms with van der Waals surface area (Å²) in [6.07, 6.45) is 8.37. The fourth-order valence-corrected chi connectivity index (χ4v) is 2.94. The van der Waals surface area contributed by atoms with Crippen LogP contribution in [0.3, 0.4) is 0 Å². The first-order valence-corrected chi connectivity index (χ1v) is 6.76. The molecule has 3 saturated carbocycles. The van der Waals surface area contributed by atoms with E-state index in [1.54, 1.807) is 0 Å². The van der Waals surface area contributed by atoms with E-state index < -0.39 is 5.54 Å². The molecule has 0 atom stereocenters. The number of amides is 1. The van der Waals surface area contributed by atoms with Crippen LogP contribution in [0.25, 0.3) is 0 Å². The molecule has 0 bridgehead atoms. The zero-order valence-corrected chi connectivity index (χ0v) is 9.87. The molecule has 3 aliphatic rings. The van der Waals surface area contributed by atoms with Crippen LogP contribution in [0, 0.1) is 17.8 Å². The largest absolute Gasteiger partial charge is 0.354 e. The second-order valence-corrected chi connectivity index (χ2v) is 6.06. The monoisotopic (exact) mass is 222 g/mol. The predicted molar refractivity (Wildman–Crippen MR) is 62.7 cm³/mol. The Morgan fingerprint density at radius 2 is 1.81 bits per heavy atom. The highest BCUT2D eigenvalue weighted by Crippen LogP contribution is 2.48. The third-order valence-electron chi connectivity index (χ3n) is 4.65. The lowest BCUT2D eigenvalue weighted by Crippen LogP contribution is -2.59. The van der Waals surface area contributed by atoms with Crippen LogP contribution in [0.2, 0.25) is 0 Å². The lowest BCUT2D eigenvalue weighted by molar-refractivity contribution is -0.129. The third kappa shape index (κ3) is 1.97. The Morgan fingerprint density at radius 1 is 1.25 bits per heavy atom. The molecule has 3 heteroatoms. The van der Waals surface area contributed by atoms with Gasteiger partial charge in [-0.05, 0) is 62.7 Å². The van der Waals surface area contributed by atoms with Crippen molar-refractivity contribution < 1.29 is 4.79 Å². The van der Waals surface area contributed by atoms with Gasteiger partial charge in [-0.25, -0.2) is 0 Å². The Labute approximate surface area is 97.2 Å². The van der Waals surface area contributed by atoms with E-state index in [1.807, 2.05) is 0 Å². The fraction of sp³-hybridized carbons (Fsp3) is 0.923. The van der Waals surface area contributed by atoms with Crippen LogP contribution >= 0.6 is 0 Å². The Hall–Kier alpha value is -0.570. The van der Waals surface area contributed by atoms with E-state index in [1.165, 1.54) is 25.7 Å². The van der Waals surface area contributed by atoms with E-state index in [2.05, 4.69) is 5.32 Å². The van der Waals surface area contributed by atoms with Crippen molar-refractivity contribution >= 4 is 5.91 Å². The van der Waals surface area contributed by atoms with Gasteiger partial charge in [0, 0.05) is 6.54 Å². The van der Waals surface area contributed by atoms with Crippen molar-refractivity contribution in [3.8, 4) is 0 Å². The fourth-order valence-electron chi connectivity index (χ4n) is 2.94. The topological polar surface area (TPSA) is 55.1 Å². The van der Waals surface area contributed by atoms with Crippen molar-refractivity contribution in [3.05, 3.63) is 0 Å². The highest BCUT2D eigenvalue weighted by Gasteiger charge is 2.43. The Kier molecular flexibility index (Phi) is 2.46. The summed E-state index contributed by atoms with van der Waals surface area (Å²) in [5, 5.41) is 3.10. The molecule has 3 fully saturated rings. The number of nitrogens with one attached hydrogen (secondary N) is 1. The molecule has 0 unspecified atom stereocenters. The number of carbonyl (C=O) groups excluding carboxylic acids is 1. The van der Waals surface area contributed by atoms with Gasteiger partial charge < -0.3 is 11.1 Å². The lowest BCUT2D eigenvalue weighted by atomic mass is 9.77. The molecule has 1 amide bonds. The molecule has 0 aromatic rings. The zero-order chi connectivity index (χ0) is 11.2. The van der Waals surface area contributed by atoms with Gasteiger partial charge in [0.1, 0.15) is 0 Å². The summed E-state index contributed by atoms with van der Waals surface area (Å²) >= 11 is 0. The molecule has 90 valence electrons. The van der Waals surface area contributed by atoms with Crippen molar-refractivity contribution in [2.45, 2.75) is 50.5 Å². The van der Waals surface area contributed by atoms with Gasteiger partial charge in [-0.2, -0.15) is 0 Å². The maximum Gasteiger partial charge on any atom is 0.240 e. The van der Waals surface area contributed by atoms with Gasteiger partial charge in [-0.15, -0.1) is 0 Å². The van der Waals surface area contributed by atoms with E-state index in [0.29, 0.717) is 0 Å². The minimum absolute atomic E-state index is 0.102. The van der Waals surface area contributed by atoms with Crippen LogP contribution in [-0.4, -0.2) is 18.0 Å². The summed E-state index contributed by atoms with van der Waals surface area (Å²) in [6.45, 7) is 0.882. The molecule has 0 saturated heterocycles. The first-order chi connectivity index (χ1) is 7.69. The Bertz CT molecular complexity index is 278. The van der Waals surface area contributed by atoms with E-state index >= 15 is 0 Å². The minimum Gasteiger partial charge on any atom is -0.354 e. The van der Waals surface area contributed by atoms with Crippen molar-refractivity contribution in [2.75, 3.05) is 6.54 Å². The Balaban J connectivity index is 1.49. The molecule has 3 rings (SSSR count). The average Bonchev–Trinajstić information content (AvgIpc) is 3.05. The third-order valence-corrected chi connectivity index (χ3v) is 4.65. The molecule has 16 heavy (non-hydrogen) atoms. The zero-order valence-electron chi connectivity index (χ0n) is 9.87. The standard InChI is InChI=1S/C13H22N2O/c14-13(6-1-7-13)12(16)15-8-11(9-2-3-9)10-4-5-10/h9-11H,1-8,14H2,(H,15,16). The summed E-state index contributed by atoms with van der Waals surface area (Å²) in [7, 11) is 0. The van der Waals surface area contributed by atoms with Crippen molar-refractivity contribution in [3.63, 3.8) is 0 Å². The van der Waals surface area contributed by atoms with E-state index in [0.717, 1.165) is 43.6 Å². The SMILES string of the molecule is NC1(C(=O)NCC(C2CC2)C2CC2)CCC1. The summed E-state index contributed by atoms with van der Waals surface area (Å²) < 4.78 is 0. The molecular weight excluding hydrogens is 200 g/mol. The molecule has 0 aliphatic heterocycles. The molecular formula is C13H22N2O. The second kappa shape index (κ2) is 3.73. The van der Waals surface area contributed by atoms with Gasteiger partial charge in [-0.3, -0.25) is 4.79 Å². The van der Waals surface area contributed by atoms with E-state index in [9.17, 15) is 4.79 Å². The number of nitrogens with two attached hydrogens (primary N) is 1. The molecule has 0 aromatic carbocycles. The molecule has 0 spiro atoms. The quantitative estimate of drug-likeness (QED) is 0.739. The van der Waals surface area contributed by atoms with Crippen molar-refractivity contribution in [2.24, 2.45) is 23.5 Å². The summed E-state index contributed by atoms with van der Waals surface area (Å²) in [4.78, 5) is 11.9. The van der Waals surface area contributed by atoms with Crippen molar-refractivity contribution in [1.29, 1.82) is 0 Å². The highest BCUT2D eigenvalue weighted by molar-refractivity contribution is 5.86. The number of hydrogen-bond acceptors (Lipinski definition) is 2.